The van der Waals surface area contributed by atoms with Crippen molar-refractivity contribution < 1.29 is 4.79 Å². The Balaban J connectivity index is 1.90. The van der Waals surface area contributed by atoms with Crippen molar-refractivity contribution in [1.82, 2.24) is 20.3 Å². The second-order valence-corrected chi connectivity index (χ2v) is 7.41. The lowest BCUT2D eigenvalue weighted by molar-refractivity contribution is 0.254. The molecule has 33 heavy (non-hydrogen) atoms. The van der Waals surface area contributed by atoms with Gasteiger partial charge < -0.3 is 5.32 Å². The highest BCUT2D eigenvalue weighted by molar-refractivity contribution is 5.87. The molecule has 3 aromatic heterocycles. The number of nitriles is 1. The molecule has 4 rings (SSSR count). The van der Waals surface area contributed by atoms with Gasteiger partial charge in [0.2, 0.25) is 0 Å². The van der Waals surface area contributed by atoms with E-state index in [1.165, 1.54) is 0 Å². The van der Waals surface area contributed by atoms with E-state index in [1.54, 1.807) is 37.6 Å². The Labute approximate surface area is 192 Å². The summed E-state index contributed by atoms with van der Waals surface area (Å²) >= 11 is 0. The number of carbonyl (C=O) groups excluding carboxylic acids is 1. The zero-order chi connectivity index (χ0) is 23.0. The van der Waals surface area contributed by atoms with Gasteiger partial charge >= 0.3 is 6.03 Å². The summed E-state index contributed by atoms with van der Waals surface area (Å²) in [5.41, 5.74) is 4.35. The van der Waals surface area contributed by atoms with Crippen LogP contribution in [0.25, 0.3) is 0 Å². The third-order valence-electron chi connectivity index (χ3n) is 5.38. The Morgan fingerprint density at radius 1 is 0.848 bits per heavy atom. The van der Waals surface area contributed by atoms with Crippen LogP contribution < -0.4 is 10.6 Å². The zero-order valence-electron chi connectivity index (χ0n) is 18.0. The van der Waals surface area contributed by atoms with E-state index in [-0.39, 0.29) is 17.9 Å². The van der Waals surface area contributed by atoms with E-state index in [0.717, 1.165) is 22.4 Å². The van der Waals surface area contributed by atoms with Crippen molar-refractivity contribution in [3.63, 3.8) is 0 Å². The van der Waals surface area contributed by atoms with E-state index in [9.17, 15) is 10.1 Å². The molecular weight excluding hydrogens is 412 g/mol. The molecule has 162 valence electrons. The summed E-state index contributed by atoms with van der Waals surface area (Å²) in [6, 6.07) is 22.8. The average Bonchev–Trinajstić information content (AvgIpc) is 2.88. The number of pyridine rings is 3. The lowest BCUT2D eigenvalue weighted by atomic mass is 9.76. The molecule has 0 fully saturated rings. The number of hydrogen-bond acceptors (Lipinski definition) is 5. The molecule has 7 heteroatoms. The Morgan fingerprint density at radius 2 is 1.52 bits per heavy atom. The molecule has 0 saturated heterocycles. The lowest BCUT2D eigenvalue weighted by Gasteiger charge is -2.28. The Morgan fingerprint density at radius 3 is 2.06 bits per heavy atom. The van der Waals surface area contributed by atoms with Crippen LogP contribution in [0, 0.1) is 11.3 Å². The van der Waals surface area contributed by atoms with E-state index >= 15 is 0 Å². The molecular formula is C26H22N6O. The number of rotatable bonds is 6. The van der Waals surface area contributed by atoms with E-state index in [4.69, 9.17) is 4.98 Å². The maximum atomic E-state index is 11.9. The van der Waals surface area contributed by atoms with Gasteiger partial charge in [-0.2, -0.15) is 5.26 Å². The van der Waals surface area contributed by atoms with Crippen molar-refractivity contribution >= 4 is 11.8 Å². The third kappa shape index (κ3) is 5.02. The molecule has 0 aliphatic rings. The SMILES string of the molecule is CNC(=O)Nc1cccc(C(c2ccc(C#N)cc2)C(c2cccnc2)c2cccnc2)n1. The number of nitrogens with one attached hydrogen (secondary N) is 2. The molecule has 0 bridgehead atoms. The third-order valence-corrected chi connectivity index (χ3v) is 5.38. The number of amides is 2. The minimum Gasteiger partial charge on any atom is -0.341 e. The van der Waals surface area contributed by atoms with Gasteiger partial charge in [-0.25, -0.2) is 9.78 Å². The minimum absolute atomic E-state index is 0.150. The molecule has 1 unspecified atom stereocenters. The Kier molecular flexibility index (Phi) is 6.67. The Bertz CT molecular complexity index is 1210. The number of hydrogen-bond donors (Lipinski definition) is 2. The molecule has 0 aliphatic heterocycles. The van der Waals surface area contributed by atoms with Gasteiger partial charge in [0.25, 0.3) is 0 Å². The topological polar surface area (TPSA) is 104 Å². The van der Waals surface area contributed by atoms with Crippen LogP contribution in [0.5, 0.6) is 0 Å². The number of aromatic nitrogens is 3. The van der Waals surface area contributed by atoms with Gasteiger partial charge in [0.1, 0.15) is 5.82 Å². The average molecular weight is 435 g/mol. The molecule has 3 heterocycles. The predicted octanol–water partition coefficient (Wildman–Crippen LogP) is 4.46. The van der Waals surface area contributed by atoms with Crippen LogP contribution in [0.3, 0.4) is 0 Å². The highest BCUT2D eigenvalue weighted by Crippen LogP contribution is 2.42. The van der Waals surface area contributed by atoms with Gasteiger partial charge in [-0.15, -0.1) is 0 Å². The van der Waals surface area contributed by atoms with Gasteiger partial charge in [0.15, 0.2) is 0 Å². The van der Waals surface area contributed by atoms with Crippen molar-refractivity contribution in [3.8, 4) is 6.07 Å². The molecule has 0 saturated carbocycles. The first-order chi connectivity index (χ1) is 16.2. The minimum atomic E-state index is -0.342. The van der Waals surface area contributed by atoms with Crippen LogP contribution in [0.15, 0.2) is 91.5 Å². The first-order valence-electron chi connectivity index (χ1n) is 10.4. The summed E-state index contributed by atoms with van der Waals surface area (Å²) in [5.74, 6) is 0.0716. The van der Waals surface area contributed by atoms with E-state index in [2.05, 4.69) is 26.7 Å². The van der Waals surface area contributed by atoms with Crippen LogP contribution in [-0.4, -0.2) is 28.0 Å². The summed E-state index contributed by atoms with van der Waals surface area (Å²) in [7, 11) is 1.56. The van der Waals surface area contributed by atoms with Gasteiger partial charge in [0, 0.05) is 43.7 Å². The maximum absolute atomic E-state index is 11.9. The summed E-state index contributed by atoms with van der Waals surface area (Å²) in [4.78, 5) is 25.3. The number of benzene rings is 1. The van der Waals surface area contributed by atoms with E-state index in [1.807, 2.05) is 60.9 Å². The van der Waals surface area contributed by atoms with Gasteiger partial charge in [-0.3, -0.25) is 15.3 Å². The van der Waals surface area contributed by atoms with Gasteiger partial charge in [-0.05, 0) is 53.1 Å². The molecule has 2 N–H and O–H groups in total. The van der Waals surface area contributed by atoms with Crippen LogP contribution >= 0.6 is 0 Å². The molecule has 1 atom stereocenters. The standard InChI is InChI=1S/C26H22N6O/c1-28-26(33)32-23-8-2-7-22(31-23)25(19-11-9-18(15-27)10-12-19)24(20-5-3-13-29-16-20)21-6-4-14-30-17-21/h2-14,16-17,24-25H,1H3,(H2,28,31,32,33). The van der Waals surface area contributed by atoms with E-state index < -0.39 is 0 Å². The quantitative estimate of drug-likeness (QED) is 0.466. The number of anilines is 1. The summed E-state index contributed by atoms with van der Waals surface area (Å²) < 4.78 is 0. The summed E-state index contributed by atoms with van der Waals surface area (Å²) in [6.45, 7) is 0. The monoisotopic (exact) mass is 434 g/mol. The smallest absolute Gasteiger partial charge is 0.320 e. The second-order valence-electron chi connectivity index (χ2n) is 7.41. The second kappa shape index (κ2) is 10.2. The largest absolute Gasteiger partial charge is 0.341 e. The number of urea groups is 1. The molecule has 0 aliphatic carbocycles. The fourth-order valence-electron chi connectivity index (χ4n) is 3.87. The van der Waals surface area contributed by atoms with Crippen LogP contribution in [-0.2, 0) is 0 Å². The van der Waals surface area contributed by atoms with Crippen molar-refractivity contribution in [2.45, 2.75) is 11.8 Å². The fraction of sp³-hybridized carbons (Fsp3) is 0.115. The first-order valence-corrected chi connectivity index (χ1v) is 10.4. The van der Waals surface area contributed by atoms with Crippen LogP contribution in [0.4, 0.5) is 10.6 Å². The highest BCUT2D eigenvalue weighted by atomic mass is 16.2. The fourth-order valence-corrected chi connectivity index (χ4v) is 3.87. The number of nitrogens with zero attached hydrogens (tertiary/aromatic N) is 4. The molecule has 1 aromatic carbocycles. The molecule has 4 aromatic rings. The van der Waals surface area contributed by atoms with Gasteiger partial charge in [-0.1, -0.05) is 30.3 Å². The number of carbonyl (C=O) groups is 1. The zero-order valence-corrected chi connectivity index (χ0v) is 18.0. The summed E-state index contributed by atoms with van der Waals surface area (Å²) in [5, 5.41) is 14.6. The first kappa shape index (κ1) is 21.7. The molecule has 7 nitrogen and oxygen atoms in total. The molecule has 0 spiro atoms. The van der Waals surface area contributed by atoms with Crippen molar-refractivity contribution in [2.24, 2.45) is 0 Å². The molecule has 0 radical (unpaired) electrons. The van der Waals surface area contributed by atoms with Crippen molar-refractivity contribution in [2.75, 3.05) is 12.4 Å². The van der Waals surface area contributed by atoms with Crippen LogP contribution in [0.2, 0.25) is 0 Å². The van der Waals surface area contributed by atoms with Crippen molar-refractivity contribution in [1.29, 1.82) is 5.26 Å². The van der Waals surface area contributed by atoms with Gasteiger partial charge in [0.05, 0.1) is 17.3 Å². The Hall–Kier alpha value is -4.57. The highest BCUT2D eigenvalue weighted by Gasteiger charge is 2.30. The van der Waals surface area contributed by atoms with Crippen LogP contribution in [0.1, 0.15) is 39.8 Å². The predicted molar refractivity (Wildman–Crippen MR) is 126 cm³/mol. The van der Waals surface area contributed by atoms with E-state index in [0.29, 0.717) is 11.4 Å². The molecule has 2 amide bonds. The normalized spacial score (nSPS) is 11.4. The summed E-state index contributed by atoms with van der Waals surface area (Å²) in [6.07, 6.45) is 7.18. The van der Waals surface area contributed by atoms with Crippen molar-refractivity contribution in [3.05, 3.63) is 119 Å². The lowest BCUT2D eigenvalue weighted by Crippen LogP contribution is -2.25. The maximum Gasteiger partial charge on any atom is 0.320 e.